The summed E-state index contributed by atoms with van der Waals surface area (Å²) in [7, 11) is 0. The van der Waals surface area contributed by atoms with Crippen LogP contribution >= 0.6 is 0 Å². The van der Waals surface area contributed by atoms with Gasteiger partial charge in [0.1, 0.15) is 0 Å². The maximum Gasteiger partial charge on any atom is 0.331 e. The van der Waals surface area contributed by atoms with Crippen LogP contribution in [0.15, 0.2) is 11.6 Å². The van der Waals surface area contributed by atoms with Gasteiger partial charge in [-0.3, -0.25) is 0 Å². The van der Waals surface area contributed by atoms with E-state index in [1.54, 1.807) is 0 Å². The van der Waals surface area contributed by atoms with E-state index in [2.05, 4.69) is 0 Å². The van der Waals surface area contributed by atoms with E-state index < -0.39 is 11.9 Å². The Bertz CT molecular complexity index is 256. The fourth-order valence-corrected chi connectivity index (χ4v) is 1.11. The van der Waals surface area contributed by atoms with E-state index in [1.165, 1.54) is 0 Å². The van der Waals surface area contributed by atoms with Crippen molar-refractivity contribution < 1.29 is 19.4 Å². The summed E-state index contributed by atoms with van der Waals surface area (Å²) < 4.78 is 4.86. The Kier molecular flexibility index (Phi) is 8.21. The largest absolute Gasteiger partial charge is 0.478 e. The molecule has 1 N–H and O–H groups in total. The molecule has 0 bridgehead atoms. The predicted octanol–water partition coefficient (Wildman–Crippen LogP) is 2.53. The molecular weight excluding hydrogens is 208 g/mol. The molecule has 0 heterocycles. The van der Waals surface area contributed by atoms with Crippen LogP contribution in [-0.4, -0.2) is 23.7 Å². The first-order valence-corrected chi connectivity index (χ1v) is 5.72. The molecule has 4 heteroatoms. The topological polar surface area (TPSA) is 63.6 Å². The van der Waals surface area contributed by atoms with Gasteiger partial charge in [-0.25, -0.2) is 9.59 Å². The molecule has 0 fully saturated rings. The minimum Gasteiger partial charge on any atom is -0.478 e. The van der Waals surface area contributed by atoms with Crippen LogP contribution in [0.25, 0.3) is 0 Å². The van der Waals surface area contributed by atoms with E-state index >= 15 is 0 Å². The van der Waals surface area contributed by atoms with Gasteiger partial charge >= 0.3 is 11.9 Å². The third-order valence-electron chi connectivity index (χ3n) is 2.11. The number of ether oxygens (including phenoxy) is 1. The van der Waals surface area contributed by atoms with E-state index in [0.29, 0.717) is 13.0 Å². The van der Waals surface area contributed by atoms with Gasteiger partial charge in [0.2, 0.25) is 0 Å². The second kappa shape index (κ2) is 8.95. The Labute approximate surface area is 96.3 Å². The molecule has 0 radical (unpaired) electrons. The molecule has 0 aromatic heterocycles. The second-order valence-electron chi connectivity index (χ2n) is 3.60. The van der Waals surface area contributed by atoms with E-state index in [9.17, 15) is 9.59 Å². The zero-order valence-corrected chi connectivity index (χ0v) is 9.99. The third kappa shape index (κ3) is 7.04. The maximum atomic E-state index is 11.2. The highest BCUT2D eigenvalue weighted by molar-refractivity contribution is 5.95. The van der Waals surface area contributed by atoms with Gasteiger partial charge in [0, 0.05) is 11.6 Å². The summed E-state index contributed by atoms with van der Waals surface area (Å²) in [4.78, 5) is 22.0. The van der Waals surface area contributed by atoms with Crippen LogP contribution in [0.4, 0.5) is 0 Å². The van der Waals surface area contributed by atoms with Gasteiger partial charge in [-0.05, 0) is 19.3 Å². The highest BCUT2D eigenvalue weighted by Crippen LogP contribution is 2.08. The molecule has 0 amide bonds. The fraction of sp³-hybridized carbons (Fsp3) is 0.667. The van der Waals surface area contributed by atoms with Crippen molar-refractivity contribution in [1.29, 1.82) is 0 Å². The Balaban J connectivity index is 4.18. The molecule has 92 valence electrons. The van der Waals surface area contributed by atoms with Crippen molar-refractivity contribution in [3.05, 3.63) is 11.6 Å². The number of carbonyl (C=O) groups excluding carboxylic acids is 1. The number of unbranched alkanes of at least 4 members (excludes halogenated alkanes) is 2. The summed E-state index contributed by atoms with van der Waals surface area (Å²) in [6.45, 7) is 4.32. The number of carbonyl (C=O) groups is 2. The van der Waals surface area contributed by atoms with Crippen LogP contribution in [0.5, 0.6) is 0 Å². The lowest BCUT2D eigenvalue weighted by atomic mass is 10.1. The molecule has 16 heavy (non-hydrogen) atoms. The quantitative estimate of drug-likeness (QED) is 0.394. The van der Waals surface area contributed by atoms with Crippen LogP contribution in [0.3, 0.4) is 0 Å². The molecule has 0 aromatic carbocycles. The highest BCUT2D eigenvalue weighted by Gasteiger charge is 2.09. The van der Waals surface area contributed by atoms with Gasteiger partial charge in [0.25, 0.3) is 0 Å². The lowest BCUT2D eigenvalue weighted by Crippen LogP contribution is -2.08. The Morgan fingerprint density at radius 1 is 1.19 bits per heavy atom. The van der Waals surface area contributed by atoms with Gasteiger partial charge < -0.3 is 9.84 Å². The average molecular weight is 228 g/mol. The standard InChI is InChI=1S/C12H20O4/c1-3-5-7-10(12(14)15)9-11(13)16-8-6-4-2/h9H,3-8H2,1-2H3,(H,14,15). The third-order valence-corrected chi connectivity index (χ3v) is 2.11. The molecule has 0 aliphatic rings. The number of hydrogen-bond acceptors (Lipinski definition) is 3. The molecule has 0 unspecified atom stereocenters. The smallest absolute Gasteiger partial charge is 0.331 e. The van der Waals surface area contributed by atoms with E-state index in [4.69, 9.17) is 9.84 Å². The van der Waals surface area contributed by atoms with Gasteiger partial charge in [-0.2, -0.15) is 0 Å². The van der Waals surface area contributed by atoms with Crippen LogP contribution < -0.4 is 0 Å². The molecule has 0 aliphatic heterocycles. The van der Waals surface area contributed by atoms with Crippen molar-refractivity contribution in [3.63, 3.8) is 0 Å². The second-order valence-corrected chi connectivity index (χ2v) is 3.60. The van der Waals surface area contributed by atoms with Crippen molar-refractivity contribution >= 4 is 11.9 Å². The van der Waals surface area contributed by atoms with Crippen molar-refractivity contribution in [2.45, 2.75) is 46.0 Å². The van der Waals surface area contributed by atoms with Gasteiger partial charge in [0.05, 0.1) is 6.61 Å². The first-order valence-electron chi connectivity index (χ1n) is 5.72. The number of carboxylic acids is 1. The number of esters is 1. The molecule has 4 nitrogen and oxygen atoms in total. The SMILES string of the molecule is CCCCOC(=O)C=C(CCCC)C(=O)O. The minimum atomic E-state index is -1.04. The Hall–Kier alpha value is -1.32. The average Bonchev–Trinajstić information content (AvgIpc) is 2.24. The Morgan fingerprint density at radius 2 is 1.81 bits per heavy atom. The van der Waals surface area contributed by atoms with E-state index in [0.717, 1.165) is 31.8 Å². The summed E-state index contributed by atoms with van der Waals surface area (Å²) in [5.74, 6) is -1.59. The van der Waals surface area contributed by atoms with Crippen molar-refractivity contribution in [3.8, 4) is 0 Å². The molecule has 0 saturated heterocycles. The van der Waals surface area contributed by atoms with Crippen molar-refractivity contribution in [2.24, 2.45) is 0 Å². The zero-order chi connectivity index (χ0) is 12.4. The van der Waals surface area contributed by atoms with Crippen LogP contribution in [-0.2, 0) is 14.3 Å². The lowest BCUT2D eigenvalue weighted by Gasteiger charge is -2.02. The monoisotopic (exact) mass is 228 g/mol. The molecule has 0 spiro atoms. The summed E-state index contributed by atoms with van der Waals surface area (Å²) in [5.41, 5.74) is 0.128. The highest BCUT2D eigenvalue weighted by atomic mass is 16.5. The summed E-state index contributed by atoms with van der Waals surface area (Å²) in [5, 5.41) is 8.84. The number of aliphatic carboxylic acids is 1. The van der Waals surface area contributed by atoms with Gasteiger partial charge in [0.15, 0.2) is 0 Å². The normalized spacial score (nSPS) is 11.2. The van der Waals surface area contributed by atoms with Crippen molar-refractivity contribution in [2.75, 3.05) is 6.61 Å². The zero-order valence-electron chi connectivity index (χ0n) is 9.99. The van der Waals surface area contributed by atoms with Crippen LogP contribution in [0, 0.1) is 0 Å². The summed E-state index contributed by atoms with van der Waals surface area (Å²) in [6.07, 6.45) is 4.91. The maximum absolute atomic E-state index is 11.2. The minimum absolute atomic E-state index is 0.128. The van der Waals surface area contributed by atoms with Crippen LogP contribution in [0.2, 0.25) is 0 Å². The Morgan fingerprint density at radius 3 is 2.31 bits per heavy atom. The first-order chi connectivity index (χ1) is 7.61. The predicted molar refractivity (Wildman–Crippen MR) is 61.1 cm³/mol. The van der Waals surface area contributed by atoms with Crippen LogP contribution in [0.1, 0.15) is 46.0 Å². The molecule has 0 atom stereocenters. The molecular formula is C12H20O4. The number of rotatable bonds is 8. The summed E-state index contributed by atoms with van der Waals surface area (Å²) >= 11 is 0. The molecule has 0 aromatic rings. The number of carboxylic acid groups (broad SMARTS) is 1. The van der Waals surface area contributed by atoms with E-state index in [-0.39, 0.29) is 5.57 Å². The lowest BCUT2D eigenvalue weighted by molar-refractivity contribution is -0.139. The van der Waals surface area contributed by atoms with E-state index in [1.807, 2.05) is 13.8 Å². The van der Waals surface area contributed by atoms with Crippen molar-refractivity contribution in [1.82, 2.24) is 0 Å². The van der Waals surface area contributed by atoms with Gasteiger partial charge in [-0.1, -0.05) is 26.7 Å². The molecule has 0 aliphatic carbocycles. The van der Waals surface area contributed by atoms with Gasteiger partial charge in [-0.15, -0.1) is 0 Å². The summed E-state index contributed by atoms with van der Waals surface area (Å²) in [6, 6.07) is 0. The first kappa shape index (κ1) is 14.7. The molecule has 0 saturated carbocycles. The molecule has 0 rings (SSSR count). The number of hydrogen-bond donors (Lipinski definition) is 1. The fourth-order valence-electron chi connectivity index (χ4n) is 1.11.